The molecule has 6 rings (SSSR count). The Bertz CT molecular complexity index is 1540. The second-order valence-corrected chi connectivity index (χ2v) is 10.1. The van der Waals surface area contributed by atoms with E-state index in [1.165, 1.54) is 11.3 Å². The minimum Gasteiger partial charge on any atom is -0.465 e. The molecule has 2 aliphatic rings. The zero-order valence-corrected chi connectivity index (χ0v) is 20.8. The molecule has 11 heteroatoms. The van der Waals surface area contributed by atoms with Gasteiger partial charge in [0.1, 0.15) is 21.2 Å². The number of anilines is 3. The Hall–Kier alpha value is -4.64. The molecule has 0 bridgehead atoms. The summed E-state index contributed by atoms with van der Waals surface area (Å²) < 4.78 is 5.87. The highest BCUT2D eigenvalue weighted by molar-refractivity contribution is 7.21. The second-order valence-electron chi connectivity index (χ2n) is 9.12. The summed E-state index contributed by atoms with van der Waals surface area (Å²) in [6.07, 6.45) is 2.40. The third kappa shape index (κ3) is 4.48. The van der Waals surface area contributed by atoms with E-state index in [1.54, 1.807) is 41.4 Å². The van der Waals surface area contributed by atoms with Crippen molar-refractivity contribution in [2.45, 2.75) is 31.3 Å². The molecule has 38 heavy (non-hydrogen) atoms. The van der Waals surface area contributed by atoms with E-state index in [1.807, 2.05) is 30.3 Å². The average molecular weight is 530 g/mol. The maximum absolute atomic E-state index is 13.3. The number of carboxylic acid groups (broad SMARTS) is 1. The van der Waals surface area contributed by atoms with Crippen LogP contribution in [0.15, 0.2) is 66.9 Å². The molecule has 4 aromatic rings. The van der Waals surface area contributed by atoms with Crippen LogP contribution in [0, 0.1) is 0 Å². The fraction of sp³-hybridized carbons (Fsp3) is 0.185. The molecule has 1 aliphatic carbocycles. The van der Waals surface area contributed by atoms with Crippen molar-refractivity contribution in [2.24, 2.45) is 0 Å². The molecule has 1 aliphatic heterocycles. The van der Waals surface area contributed by atoms with Gasteiger partial charge in [-0.05, 0) is 61.7 Å². The Kier molecular flexibility index (Phi) is 6.04. The number of carbonyl (C=O) groups is 3. The smallest absolute Gasteiger partial charge is 0.404 e. The van der Waals surface area contributed by atoms with Crippen molar-refractivity contribution in [1.82, 2.24) is 15.6 Å². The predicted molar refractivity (Wildman–Crippen MR) is 144 cm³/mol. The molecule has 1 fully saturated rings. The van der Waals surface area contributed by atoms with Crippen LogP contribution in [0.1, 0.15) is 28.9 Å². The highest BCUT2D eigenvalue weighted by Gasteiger charge is 2.34. The molecule has 2 atom stereocenters. The highest BCUT2D eigenvalue weighted by Crippen LogP contribution is 2.46. The van der Waals surface area contributed by atoms with Crippen molar-refractivity contribution in [2.75, 3.05) is 10.2 Å². The van der Waals surface area contributed by atoms with E-state index in [-0.39, 0.29) is 24.0 Å². The van der Waals surface area contributed by atoms with Gasteiger partial charge < -0.3 is 25.8 Å². The van der Waals surface area contributed by atoms with Crippen LogP contribution in [0.4, 0.5) is 26.7 Å². The number of nitrogens with one attached hydrogen (secondary N) is 3. The minimum atomic E-state index is -1.07. The Labute approximate surface area is 221 Å². The molecule has 4 amide bonds. The molecule has 10 nitrogen and oxygen atoms in total. The van der Waals surface area contributed by atoms with Crippen LogP contribution in [0.25, 0.3) is 10.2 Å². The molecule has 0 radical (unpaired) electrons. The molecule has 2 aromatic heterocycles. The summed E-state index contributed by atoms with van der Waals surface area (Å²) in [4.78, 5) is 44.4. The molecular weight excluding hydrogens is 506 g/mol. The summed E-state index contributed by atoms with van der Waals surface area (Å²) in [5, 5.41) is 18.0. The quantitative estimate of drug-likeness (QED) is 0.254. The minimum absolute atomic E-state index is 0.156. The summed E-state index contributed by atoms with van der Waals surface area (Å²) in [5.74, 6) is 1.04. The van der Waals surface area contributed by atoms with Crippen LogP contribution in [0.3, 0.4) is 0 Å². The number of thiophene rings is 1. The van der Waals surface area contributed by atoms with E-state index in [2.05, 4.69) is 20.9 Å². The van der Waals surface area contributed by atoms with Gasteiger partial charge in [-0.15, -0.1) is 11.3 Å². The van der Waals surface area contributed by atoms with Crippen LogP contribution in [0.5, 0.6) is 11.5 Å². The van der Waals surface area contributed by atoms with E-state index in [0.717, 1.165) is 0 Å². The van der Waals surface area contributed by atoms with Gasteiger partial charge in [0, 0.05) is 18.3 Å². The van der Waals surface area contributed by atoms with Crippen LogP contribution in [-0.2, 0) is 0 Å². The predicted octanol–water partition coefficient (Wildman–Crippen LogP) is 5.69. The lowest BCUT2D eigenvalue weighted by molar-refractivity contribution is 0.0942. The zero-order chi connectivity index (χ0) is 26.2. The van der Waals surface area contributed by atoms with Crippen molar-refractivity contribution in [3.8, 4) is 11.5 Å². The van der Waals surface area contributed by atoms with Crippen molar-refractivity contribution in [3.63, 3.8) is 0 Å². The number of hydrogen-bond donors (Lipinski definition) is 4. The van der Waals surface area contributed by atoms with E-state index in [9.17, 15) is 14.4 Å². The van der Waals surface area contributed by atoms with Gasteiger partial charge in [0.25, 0.3) is 5.91 Å². The fourth-order valence-electron chi connectivity index (χ4n) is 4.96. The van der Waals surface area contributed by atoms with Crippen LogP contribution in [-0.4, -0.2) is 40.2 Å². The summed E-state index contributed by atoms with van der Waals surface area (Å²) in [5.41, 5.74) is 1.71. The van der Waals surface area contributed by atoms with Crippen LogP contribution < -0.4 is 25.6 Å². The Morgan fingerprint density at radius 1 is 1.00 bits per heavy atom. The SMILES string of the molecule is O=C(O)NC1CCC(NC(=O)c2sc3nccc4c3c2NC(=O)N4c2ccc(Oc3ccccc3)cc2)C1. The van der Waals surface area contributed by atoms with Gasteiger partial charge in [-0.25, -0.2) is 14.6 Å². The number of para-hydroxylation sites is 1. The molecule has 192 valence electrons. The maximum Gasteiger partial charge on any atom is 0.404 e. The normalized spacial score (nSPS) is 18.2. The first kappa shape index (κ1) is 23.7. The average Bonchev–Trinajstić information content (AvgIpc) is 3.50. The van der Waals surface area contributed by atoms with Gasteiger partial charge in [0.15, 0.2) is 0 Å². The molecule has 0 saturated heterocycles. The Morgan fingerprint density at radius 3 is 2.45 bits per heavy atom. The maximum atomic E-state index is 13.3. The standard InChI is InChI=1S/C27H23N5O5S/c33-24(29-15-6-7-16(14-15)30-27(35)36)23-22-21-20(12-13-28-25(21)38-23)32(26(34)31-22)17-8-10-19(11-9-17)37-18-4-2-1-3-5-18/h1-5,8-13,15-16,30H,6-7,14H2,(H,29,33)(H,31,34)(H,35,36). The zero-order valence-electron chi connectivity index (χ0n) is 20.0. The summed E-state index contributed by atoms with van der Waals surface area (Å²) in [7, 11) is 0. The fourth-order valence-corrected chi connectivity index (χ4v) is 5.98. The lowest BCUT2D eigenvalue weighted by Gasteiger charge is -2.28. The first-order valence-electron chi connectivity index (χ1n) is 12.1. The molecule has 2 unspecified atom stereocenters. The summed E-state index contributed by atoms with van der Waals surface area (Å²) in [6, 6.07) is 17.6. The first-order chi connectivity index (χ1) is 18.5. The number of urea groups is 1. The topological polar surface area (TPSA) is 133 Å². The number of hydrogen-bond acceptors (Lipinski definition) is 6. The van der Waals surface area contributed by atoms with Crippen molar-refractivity contribution >= 4 is 56.6 Å². The highest BCUT2D eigenvalue weighted by atomic mass is 32.1. The molecule has 4 N–H and O–H groups in total. The Balaban J connectivity index is 1.26. The van der Waals surface area contributed by atoms with E-state index < -0.39 is 6.09 Å². The molecule has 1 saturated carbocycles. The largest absolute Gasteiger partial charge is 0.465 e. The molecule has 3 heterocycles. The van der Waals surface area contributed by atoms with Gasteiger partial charge in [-0.2, -0.15) is 0 Å². The number of carbonyl (C=O) groups excluding carboxylic acids is 2. The van der Waals surface area contributed by atoms with Gasteiger partial charge >= 0.3 is 12.1 Å². The van der Waals surface area contributed by atoms with Crippen LogP contribution in [0.2, 0.25) is 0 Å². The van der Waals surface area contributed by atoms with Crippen LogP contribution >= 0.6 is 11.3 Å². The van der Waals surface area contributed by atoms with Crippen molar-refractivity contribution in [3.05, 3.63) is 71.7 Å². The Morgan fingerprint density at radius 2 is 1.71 bits per heavy atom. The lowest BCUT2D eigenvalue weighted by atomic mass is 10.1. The number of benzene rings is 2. The van der Waals surface area contributed by atoms with E-state index >= 15 is 0 Å². The number of ether oxygens (including phenoxy) is 1. The number of nitrogens with zero attached hydrogens (tertiary/aromatic N) is 2. The van der Waals surface area contributed by atoms with E-state index in [4.69, 9.17) is 9.84 Å². The number of amides is 4. The molecular formula is C27H23N5O5S. The molecule has 2 aromatic carbocycles. The van der Waals surface area contributed by atoms with Gasteiger partial charge in [-0.3, -0.25) is 9.69 Å². The third-order valence-electron chi connectivity index (χ3n) is 6.62. The van der Waals surface area contributed by atoms with Gasteiger partial charge in [0.2, 0.25) is 0 Å². The monoisotopic (exact) mass is 529 g/mol. The summed E-state index contributed by atoms with van der Waals surface area (Å²) in [6.45, 7) is 0. The second kappa shape index (κ2) is 9.67. The van der Waals surface area contributed by atoms with Crippen molar-refractivity contribution in [1.29, 1.82) is 0 Å². The first-order valence-corrected chi connectivity index (χ1v) is 12.9. The van der Waals surface area contributed by atoms with Crippen molar-refractivity contribution < 1.29 is 24.2 Å². The lowest BCUT2D eigenvalue weighted by Crippen LogP contribution is -2.37. The third-order valence-corrected chi connectivity index (χ3v) is 7.72. The number of pyridine rings is 1. The number of rotatable bonds is 6. The molecule has 0 spiro atoms. The van der Waals surface area contributed by atoms with Gasteiger partial charge in [-0.1, -0.05) is 18.2 Å². The summed E-state index contributed by atoms with van der Waals surface area (Å²) >= 11 is 1.21. The van der Waals surface area contributed by atoms with E-state index in [0.29, 0.717) is 62.9 Å². The van der Waals surface area contributed by atoms with Gasteiger partial charge in [0.05, 0.1) is 22.4 Å². The number of aromatic nitrogens is 1.